The molecule has 0 bridgehead atoms. The number of carbonyl (C=O) groups is 1. The van der Waals surface area contributed by atoms with Crippen LogP contribution in [0.2, 0.25) is 0 Å². The normalized spacial score (nSPS) is 36.5. The van der Waals surface area contributed by atoms with Crippen LogP contribution in [0.1, 0.15) is 12.8 Å². The lowest BCUT2D eigenvalue weighted by Gasteiger charge is -2.37. The molecule has 6 nitrogen and oxygen atoms in total. The Balaban J connectivity index is 2.64. The number of ether oxygens (including phenoxy) is 2. The molecule has 1 fully saturated rings. The summed E-state index contributed by atoms with van der Waals surface area (Å²) in [5.41, 5.74) is 0. The number of methoxy groups -OCH3 is 1. The summed E-state index contributed by atoms with van der Waals surface area (Å²) >= 11 is 0. The van der Waals surface area contributed by atoms with E-state index in [-0.39, 0.29) is 19.4 Å². The fourth-order valence-electron chi connectivity index (χ4n) is 1.77. The van der Waals surface area contributed by atoms with Crippen LogP contribution in [0.3, 0.4) is 0 Å². The van der Waals surface area contributed by atoms with Gasteiger partial charge in [-0.05, 0) is 0 Å². The second kappa shape index (κ2) is 5.41. The number of aliphatic hydroxyl groups excluding tert-OH is 2. The minimum absolute atomic E-state index is 0.219. The number of hydrogen-bond donors (Lipinski definition) is 3. The molecule has 0 spiro atoms. The molecule has 0 aromatic heterocycles. The van der Waals surface area contributed by atoms with Gasteiger partial charge in [0.25, 0.3) is 0 Å². The zero-order chi connectivity index (χ0) is 11.4. The van der Waals surface area contributed by atoms with E-state index < -0.39 is 30.4 Å². The summed E-state index contributed by atoms with van der Waals surface area (Å²) in [6.07, 6.45) is -2.08. The van der Waals surface area contributed by atoms with E-state index in [0.29, 0.717) is 0 Å². The maximum absolute atomic E-state index is 10.5. The highest BCUT2D eigenvalue weighted by Crippen LogP contribution is 2.28. The van der Waals surface area contributed by atoms with Gasteiger partial charge in [-0.25, -0.2) is 0 Å². The van der Waals surface area contributed by atoms with Crippen LogP contribution < -0.4 is 0 Å². The van der Waals surface area contributed by atoms with Crippen molar-refractivity contribution < 1.29 is 29.6 Å². The molecule has 0 unspecified atom stereocenters. The average molecular weight is 220 g/mol. The van der Waals surface area contributed by atoms with E-state index in [4.69, 9.17) is 19.7 Å². The highest BCUT2D eigenvalue weighted by Gasteiger charge is 2.38. The molecule has 6 heteroatoms. The van der Waals surface area contributed by atoms with Crippen LogP contribution in [0.25, 0.3) is 0 Å². The lowest BCUT2D eigenvalue weighted by Crippen LogP contribution is -2.47. The minimum Gasteiger partial charge on any atom is -0.481 e. The third-order valence-corrected chi connectivity index (χ3v) is 2.59. The Hall–Kier alpha value is -0.690. The third-order valence-electron chi connectivity index (χ3n) is 2.59. The van der Waals surface area contributed by atoms with Crippen LogP contribution in [-0.4, -0.2) is 53.5 Å². The summed E-state index contributed by atoms with van der Waals surface area (Å²) in [5.74, 6) is -1.60. The summed E-state index contributed by atoms with van der Waals surface area (Å²) in [5, 5.41) is 27.3. The van der Waals surface area contributed by atoms with Gasteiger partial charge < -0.3 is 24.8 Å². The molecule has 1 aliphatic heterocycles. The largest absolute Gasteiger partial charge is 0.481 e. The highest BCUT2D eigenvalue weighted by atomic mass is 16.7. The highest BCUT2D eigenvalue weighted by molar-refractivity contribution is 5.67. The monoisotopic (exact) mass is 220 g/mol. The molecule has 0 aromatic rings. The van der Waals surface area contributed by atoms with Gasteiger partial charge in [0.2, 0.25) is 0 Å². The van der Waals surface area contributed by atoms with Crippen LogP contribution in [0.4, 0.5) is 0 Å². The van der Waals surface area contributed by atoms with Gasteiger partial charge in [0.1, 0.15) is 0 Å². The quantitative estimate of drug-likeness (QED) is 0.573. The van der Waals surface area contributed by atoms with Crippen LogP contribution >= 0.6 is 0 Å². The van der Waals surface area contributed by atoms with Gasteiger partial charge in [-0.15, -0.1) is 0 Å². The van der Waals surface area contributed by atoms with Gasteiger partial charge in [0.05, 0.1) is 25.2 Å². The van der Waals surface area contributed by atoms with Gasteiger partial charge in [-0.3, -0.25) is 4.79 Å². The molecule has 15 heavy (non-hydrogen) atoms. The van der Waals surface area contributed by atoms with Crippen LogP contribution in [-0.2, 0) is 14.3 Å². The van der Waals surface area contributed by atoms with E-state index in [1.807, 2.05) is 0 Å². The fourth-order valence-corrected chi connectivity index (χ4v) is 1.77. The number of aliphatic hydroxyl groups is 2. The van der Waals surface area contributed by atoms with Gasteiger partial charge in [-0.2, -0.15) is 0 Å². The van der Waals surface area contributed by atoms with Crippen LogP contribution in [0.15, 0.2) is 0 Å². The van der Waals surface area contributed by atoms with E-state index in [1.165, 1.54) is 7.11 Å². The van der Waals surface area contributed by atoms with Gasteiger partial charge in [0.15, 0.2) is 6.29 Å². The Morgan fingerprint density at radius 3 is 2.73 bits per heavy atom. The van der Waals surface area contributed by atoms with Crippen LogP contribution in [0.5, 0.6) is 0 Å². The van der Waals surface area contributed by atoms with E-state index in [1.54, 1.807) is 0 Å². The Morgan fingerprint density at radius 2 is 2.27 bits per heavy atom. The average Bonchev–Trinajstić information content (AvgIpc) is 2.20. The maximum Gasteiger partial charge on any atom is 0.303 e. The molecule has 1 heterocycles. The molecular weight excluding hydrogens is 204 g/mol. The number of aliphatic carboxylic acids is 1. The molecule has 0 aromatic carbocycles. The molecule has 0 amide bonds. The van der Waals surface area contributed by atoms with Crippen molar-refractivity contribution in [2.24, 2.45) is 5.92 Å². The molecule has 0 saturated carbocycles. The molecule has 0 radical (unpaired) electrons. The van der Waals surface area contributed by atoms with Crippen molar-refractivity contribution in [3.8, 4) is 0 Å². The molecule has 1 saturated heterocycles. The van der Waals surface area contributed by atoms with E-state index in [0.717, 1.165) is 0 Å². The first-order valence-electron chi connectivity index (χ1n) is 4.77. The molecule has 3 N–H and O–H groups in total. The van der Waals surface area contributed by atoms with Crippen molar-refractivity contribution in [3.63, 3.8) is 0 Å². The molecule has 88 valence electrons. The zero-order valence-corrected chi connectivity index (χ0v) is 8.50. The number of carboxylic acids is 1. The van der Waals surface area contributed by atoms with E-state index >= 15 is 0 Å². The summed E-state index contributed by atoms with van der Waals surface area (Å²) < 4.78 is 10.2. The first kappa shape index (κ1) is 12.4. The Morgan fingerprint density at radius 1 is 1.60 bits per heavy atom. The predicted molar refractivity (Wildman–Crippen MR) is 49.1 cm³/mol. The molecule has 1 rings (SSSR count). The fraction of sp³-hybridized carbons (Fsp3) is 0.889. The summed E-state index contributed by atoms with van der Waals surface area (Å²) in [7, 11) is 1.43. The summed E-state index contributed by atoms with van der Waals surface area (Å²) in [4.78, 5) is 10.5. The van der Waals surface area contributed by atoms with Crippen molar-refractivity contribution in [2.75, 3.05) is 13.7 Å². The number of hydrogen-bond acceptors (Lipinski definition) is 5. The first-order chi connectivity index (χ1) is 7.08. The Bertz CT molecular complexity index is 219. The molecular formula is C9H16O6. The van der Waals surface area contributed by atoms with Gasteiger partial charge in [-0.1, -0.05) is 0 Å². The first-order valence-corrected chi connectivity index (χ1v) is 4.77. The standard InChI is InChI=1S/C9H16O6/c1-14-9-3-6(11)5(2-8(12)13)7(4-10)15-9/h5-7,9-11H,2-4H2,1H3,(H,12,13)/t5-,6-,7+,9-/m1/s1. The van der Waals surface area contributed by atoms with E-state index in [9.17, 15) is 9.90 Å². The van der Waals surface area contributed by atoms with Crippen molar-refractivity contribution in [3.05, 3.63) is 0 Å². The van der Waals surface area contributed by atoms with Crippen molar-refractivity contribution in [2.45, 2.75) is 31.3 Å². The van der Waals surface area contributed by atoms with E-state index in [2.05, 4.69) is 0 Å². The lowest BCUT2D eigenvalue weighted by molar-refractivity contribution is -0.235. The Kier molecular flexibility index (Phi) is 4.46. The van der Waals surface area contributed by atoms with Crippen molar-refractivity contribution >= 4 is 5.97 Å². The van der Waals surface area contributed by atoms with Crippen LogP contribution in [0, 0.1) is 5.92 Å². The zero-order valence-electron chi connectivity index (χ0n) is 8.50. The smallest absolute Gasteiger partial charge is 0.303 e. The number of carboxylic acid groups (broad SMARTS) is 1. The summed E-state index contributed by atoms with van der Waals surface area (Å²) in [6.45, 7) is -0.325. The maximum atomic E-state index is 10.5. The molecule has 0 aliphatic carbocycles. The van der Waals surface area contributed by atoms with Crippen molar-refractivity contribution in [1.82, 2.24) is 0 Å². The summed E-state index contributed by atoms with van der Waals surface area (Å²) in [6, 6.07) is 0. The van der Waals surface area contributed by atoms with Gasteiger partial charge >= 0.3 is 5.97 Å². The molecule has 4 atom stereocenters. The molecule has 1 aliphatic rings. The minimum atomic E-state index is -1.02. The van der Waals surface area contributed by atoms with Gasteiger partial charge in [0, 0.05) is 19.4 Å². The second-order valence-electron chi connectivity index (χ2n) is 3.59. The number of rotatable bonds is 4. The second-order valence-corrected chi connectivity index (χ2v) is 3.59. The Labute approximate surface area is 87.4 Å². The predicted octanol–water partition coefficient (Wildman–Crippen LogP) is -0.808. The topological polar surface area (TPSA) is 96.2 Å². The lowest BCUT2D eigenvalue weighted by atomic mass is 9.88. The SMILES string of the molecule is CO[C@H]1C[C@@H](O)[C@@H](CC(=O)O)[C@H](CO)O1. The van der Waals surface area contributed by atoms with Crippen molar-refractivity contribution in [1.29, 1.82) is 0 Å². The third kappa shape index (κ3) is 3.13.